The van der Waals surface area contributed by atoms with Gasteiger partial charge in [-0.05, 0) is 74.7 Å². The predicted molar refractivity (Wildman–Crippen MR) is 82.9 cm³/mol. The zero-order valence-corrected chi connectivity index (χ0v) is 12.9. The summed E-state index contributed by atoms with van der Waals surface area (Å²) in [7, 11) is 0. The number of halogens is 1. The molecule has 1 atom stereocenters. The minimum atomic E-state index is 0.510. The van der Waals surface area contributed by atoms with E-state index < -0.39 is 0 Å². The molecule has 1 aromatic heterocycles. The highest BCUT2D eigenvalue weighted by Crippen LogP contribution is 2.61. The summed E-state index contributed by atoms with van der Waals surface area (Å²) in [6, 6.07) is 2.51. The lowest BCUT2D eigenvalue weighted by Crippen LogP contribution is -2.52. The van der Waals surface area contributed by atoms with Crippen molar-refractivity contribution in [1.29, 1.82) is 0 Å². The third kappa shape index (κ3) is 2.04. The number of anilines is 1. The average molecular weight is 291 g/mol. The molecule has 0 spiro atoms. The molecule has 1 heterocycles. The van der Waals surface area contributed by atoms with Gasteiger partial charge in [0.1, 0.15) is 0 Å². The SMILES string of the molecule is CC(Nc1ccncc1Cl)C12CC3CC(CC(C3)C1)C2. The lowest BCUT2D eigenvalue weighted by Gasteiger charge is -2.59. The van der Waals surface area contributed by atoms with Gasteiger partial charge in [-0.3, -0.25) is 4.98 Å². The Morgan fingerprint density at radius 1 is 1.20 bits per heavy atom. The largest absolute Gasteiger partial charge is 0.381 e. The summed E-state index contributed by atoms with van der Waals surface area (Å²) in [4.78, 5) is 4.07. The summed E-state index contributed by atoms with van der Waals surface area (Å²) in [5.41, 5.74) is 1.56. The van der Waals surface area contributed by atoms with Crippen LogP contribution in [0.1, 0.15) is 45.4 Å². The van der Waals surface area contributed by atoms with E-state index in [1.165, 1.54) is 38.5 Å². The zero-order valence-electron chi connectivity index (χ0n) is 12.1. The number of nitrogens with one attached hydrogen (secondary N) is 1. The molecule has 0 aliphatic heterocycles. The summed E-state index contributed by atoms with van der Waals surface area (Å²) in [5, 5.41) is 4.44. The summed E-state index contributed by atoms with van der Waals surface area (Å²) < 4.78 is 0. The minimum Gasteiger partial charge on any atom is -0.381 e. The lowest BCUT2D eigenvalue weighted by molar-refractivity contribution is -0.0602. The summed E-state index contributed by atoms with van der Waals surface area (Å²) >= 11 is 6.25. The van der Waals surface area contributed by atoms with Crippen LogP contribution in [0.25, 0.3) is 0 Å². The third-order valence-electron chi connectivity index (χ3n) is 6.15. The molecule has 0 saturated heterocycles. The van der Waals surface area contributed by atoms with E-state index in [9.17, 15) is 0 Å². The van der Waals surface area contributed by atoms with Gasteiger partial charge in [-0.15, -0.1) is 0 Å². The molecule has 20 heavy (non-hydrogen) atoms. The lowest BCUT2D eigenvalue weighted by atomic mass is 9.48. The van der Waals surface area contributed by atoms with Crippen LogP contribution in [0.2, 0.25) is 5.02 Å². The highest BCUT2D eigenvalue weighted by molar-refractivity contribution is 6.33. The molecule has 4 bridgehead atoms. The maximum Gasteiger partial charge on any atom is 0.0820 e. The van der Waals surface area contributed by atoms with Crippen LogP contribution >= 0.6 is 11.6 Å². The van der Waals surface area contributed by atoms with E-state index in [0.717, 1.165) is 28.5 Å². The number of hydrogen-bond donors (Lipinski definition) is 1. The molecule has 0 aromatic carbocycles. The van der Waals surface area contributed by atoms with E-state index in [-0.39, 0.29) is 0 Å². The Bertz CT molecular complexity index is 478. The summed E-state index contributed by atoms with van der Waals surface area (Å²) in [5.74, 6) is 3.00. The van der Waals surface area contributed by atoms with Gasteiger partial charge in [-0.2, -0.15) is 0 Å². The highest BCUT2D eigenvalue weighted by atomic mass is 35.5. The van der Waals surface area contributed by atoms with Gasteiger partial charge in [0.15, 0.2) is 0 Å². The maximum absolute atomic E-state index is 6.25. The first kappa shape index (κ1) is 12.9. The molecule has 0 amide bonds. The van der Waals surface area contributed by atoms with E-state index >= 15 is 0 Å². The molecule has 3 heteroatoms. The number of hydrogen-bond acceptors (Lipinski definition) is 2. The molecule has 4 saturated carbocycles. The van der Waals surface area contributed by atoms with Gasteiger partial charge in [0.05, 0.1) is 10.7 Å². The number of aromatic nitrogens is 1. The Morgan fingerprint density at radius 2 is 1.80 bits per heavy atom. The molecule has 1 N–H and O–H groups in total. The first-order valence-corrected chi connectivity index (χ1v) is 8.38. The van der Waals surface area contributed by atoms with Gasteiger partial charge in [-0.1, -0.05) is 11.6 Å². The minimum absolute atomic E-state index is 0.510. The maximum atomic E-state index is 6.25. The van der Waals surface area contributed by atoms with Crippen molar-refractivity contribution in [2.24, 2.45) is 23.2 Å². The van der Waals surface area contributed by atoms with Crippen LogP contribution in [0.15, 0.2) is 18.5 Å². The van der Waals surface area contributed by atoms with Crippen molar-refractivity contribution < 1.29 is 0 Å². The molecule has 5 rings (SSSR count). The Balaban J connectivity index is 1.56. The van der Waals surface area contributed by atoms with Crippen molar-refractivity contribution in [2.75, 3.05) is 5.32 Å². The van der Waals surface area contributed by atoms with Crippen molar-refractivity contribution in [3.05, 3.63) is 23.5 Å². The second-order valence-corrected chi connectivity index (χ2v) is 7.91. The quantitative estimate of drug-likeness (QED) is 0.869. The third-order valence-corrected chi connectivity index (χ3v) is 6.45. The van der Waals surface area contributed by atoms with Gasteiger partial charge < -0.3 is 5.32 Å². The van der Waals surface area contributed by atoms with Crippen LogP contribution in [0, 0.1) is 23.2 Å². The smallest absolute Gasteiger partial charge is 0.0820 e. The summed E-state index contributed by atoms with van der Waals surface area (Å²) in [6.45, 7) is 2.36. The van der Waals surface area contributed by atoms with Gasteiger partial charge in [0, 0.05) is 18.4 Å². The van der Waals surface area contributed by atoms with E-state index in [0.29, 0.717) is 11.5 Å². The fourth-order valence-corrected chi connectivity index (χ4v) is 5.76. The van der Waals surface area contributed by atoms with Gasteiger partial charge in [0.25, 0.3) is 0 Å². The normalized spacial score (nSPS) is 39.8. The van der Waals surface area contributed by atoms with Crippen molar-refractivity contribution in [3.8, 4) is 0 Å². The monoisotopic (exact) mass is 290 g/mol. The molecular weight excluding hydrogens is 268 g/mol. The Morgan fingerprint density at radius 3 is 2.35 bits per heavy atom. The van der Waals surface area contributed by atoms with Gasteiger partial charge in [-0.25, -0.2) is 0 Å². The second kappa shape index (κ2) is 4.62. The average Bonchev–Trinajstić information content (AvgIpc) is 2.40. The number of nitrogens with zero attached hydrogens (tertiary/aromatic N) is 1. The van der Waals surface area contributed by atoms with Gasteiger partial charge in [0.2, 0.25) is 0 Å². The molecule has 4 fully saturated rings. The molecule has 2 nitrogen and oxygen atoms in total. The van der Waals surface area contributed by atoms with Crippen LogP contribution in [0.5, 0.6) is 0 Å². The van der Waals surface area contributed by atoms with Crippen LogP contribution < -0.4 is 5.32 Å². The van der Waals surface area contributed by atoms with Crippen molar-refractivity contribution >= 4 is 17.3 Å². The van der Waals surface area contributed by atoms with Crippen molar-refractivity contribution in [2.45, 2.75) is 51.5 Å². The van der Waals surface area contributed by atoms with E-state index in [2.05, 4.69) is 17.2 Å². The van der Waals surface area contributed by atoms with E-state index in [1.54, 1.807) is 6.20 Å². The molecule has 4 aliphatic rings. The van der Waals surface area contributed by atoms with Crippen LogP contribution in [-0.4, -0.2) is 11.0 Å². The molecule has 0 radical (unpaired) electrons. The first-order chi connectivity index (χ1) is 9.64. The fraction of sp³-hybridized carbons (Fsp3) is 0.706. The van der Waals surface area contributed by atoms with Crippen molar-refractivity contribution in [1.82, 2.24) is 4.98 Å². The van der Waals surface area contributed by atoms with Crippen LogP contribution in [-0.2, 0) is 0 Å². The Hall–Kier alpha value is -0.760. The zero-order chi connectivity index (χ0) is 13.7. The molecule has 1 unspecified atom stereocenters. The highest BCUT2D eigenvalue weighted by Gasteiger charge is 2.53. The first-order valence-electron chi connectivity index (χ1n) is 8.01. The predicted octanol–water partition coefficient (Wildman–Crippen LogP) is 4.75. The van der Waals surface area contributed by atoms with Crippen LogP contribution in [0.3, 0.4) is 0 Å². The molecule has 1 aromatic rings. The number of pyridine rings is 1. The van der Waals surface area contributed by atoms with Crippen LogP contribution in [0.4, 0.5) is 5.69 Å². The molecular formula is C17H23ClN2. The molecule has 108 valence electrons. The Labute approximate surface area is 126 Å². The van der Waals surface area contributed by atoms with Crippen molar-refractivity contribution in [3.63, 3.8) is 0 Å². The fourth-order valence-electron chi connectivity index (χ4n) is 5.59. The van der Waals surface area contributed by atoms with E-state index in [4.69, 9.17) is 11.6 Å². The Kier molecular flexibility index (Phi) is 2.99. The summed E-state index contributed by atoms with van der Waals surface area (Å²) in [6.07, 6.45) is 12.3. The molecule has 4 aliphatic carbocycles. The standard InChI is InChI=1S/C17H23ClN2/c1-11(20-16-2-3-19-10-15(16)18)17-7-12-4-13(8-17)6-14(5-12)9-17/h2-3,10-14H,4-9H2,1H3,(H,19,20). The number of rotatable bonds is 3. The second-order valence-electron chi connectivity index (χ2n) is 7.50. The van der Waals surface area contributed by atoms with Gasteiger partial charge >= 0.3 is 0 Å². The van der Waals surface area contributed by atoms with E-state index in [1.807, 2.05) is 12.3 Å². The topological polar surface area (TPSA) is 24.9 Å².